The van der Waals surface area contributed by atoms with E-state index in [2.05, 4.69) is 0 Å². The summed E-state index contributed by atoms with van der Waals surface area (Å²) in [7, 11) is 0. The lowest BCUT2D eigenvalue weighted by atomic mass is 10.2. The van der Waals surface area contributed by atoms with Crippen LogP contribution in [0.5, 0.6) is 0 Å². The molecule has 2 nitrogen and oxygen atoms in total. The first kappa shape index (κ1) is 13.4. The zero-order valence-corrected chi connectivity index (χ0v) is 10.7. The van der Waals surface area contributed by atoms with E-state index in [-0.39, 0.29) is 10.6 Å². The first-order chi connectivity index (χ1) is 9.10. The Labute approximate surface area is 113 Å². The lowest BCUT2D eigenvalue weighted by Crippen LogP contribution is -1.93. The molecule has 0 atom stereocenters. The van der Waals surface area contributed by atoms with Crippen LogP contribution in [0.2, 0.25) is 0 Å². The minimum atomic E-state index is -0.656. The molecule has 2 aromatic rings. The van der Waals surface area contributed by atoms with Gasteiger partial charge in [0.05, 0.1) is 16.5 Å². The summed E-state index contributed by atoms with van der Waals surface area (Å²) in [5, 5.41) is 8.67. The SMILES string of the molecule is N#Cc1ccc(CSc2c(F)cc(N)cc2F)cc1. The zero-order chi connectivity index (χ0) is 13.8. The predicted molar refractivity (Wildman–Crippen MR) is 71.5 cm³/mol. The van der Waals surface area contributed by atoms with Crippen molar-refractivity contribution in [3.05, 3.63) is 59.2 Å². The van der Waals surface area contributed by atoms with Crippen LogP contribution in [-0.2, 0) is 5.75 Å². The van der Waals surface area contributed by atoms with Gasteiger partial charge in [-0.1, -0.05) is 12.1 Å². The van der Waals surface area contributed by atoms with Crippen molar-refractivity contribution < 1.29 is 8.78 Å². The fraction of sp³-hybridized carbons (Fsp3) is 0.0714. The molecule has 2 rings (SSSR count). The minimum absolute atomic E-state index is 0.0430. The number of benzene rings is 2. The normalized spacial score (nSPS) is 10.2. The van der Waals surface area contributed by atoms with Gasteiger partial charge in [-0.05, 0) is 29.8 Å². The summed E-state index contributed by atoms with van der Waals surface area (Å²) >= 11 is 1.06. The van der Waals surface area contributed by atoms with Crippen LogP contribution in [0.25, 0.3) is 0 Å². The van der Waals surface area contributed by atoms with Crippen LogP contribution in [0, 0.1) is 23.0 Å². The summed E-state index contributed by atoms with van der Waals surface area (Å²) < 4.78 is 27.1. The molecule has 0 amide bonds. The molecule has 0 aliphatic rings. The molecule has 0 unspecified atom stereocenters. The Morgan fingerprint density at radius 1 is 1.11 bits per heavy atom. The van der Waals surface area contributed by atoms with Gasteiger partial charge in [-0.3, -0.25) is 0 Å². The van der Waals surface area contributed by atoms with E-state index in [0.29, 0.717) is 11.3 Å². The highest BCUT2D eigenvalue weighted by molar-refractivity contribution is 7.98. The van der Waals surface area contributed by atoms with Gasteiger partial charge in [0.25, 0.3) is 0 Å². The molecule has 0 spiro atoms. The van der Waals surface area contributed by atoms with Gasteiger partial charge in [-0.25, -0.2) is 8.78 Å². The van der Waals surface area contributed by atoms with E-state index >= 15 is 0 Å². The third kappa shape index (κ3) is 3.24. The van der Waals surface area contributed by atoms with Crippen LogP contribution in [0.15, 0.2) is 41.3 Å². The Kier molecular flexibility index (Phi) is 4.03. The number of nitrogens with zero attached hydrogens (tertiary/aromatic N) is 1. The molecule has 2 aromatic carbocycles. The quantitative estimate of drug-likeness (QED) is 0.686. The van der Waals surface area contributed by atoms with Crippen LogP contribution in [-0.4, -0.2) is 0 Å². The van der Waals surface area contributed by atoms with Crippen molar-refractivity contribution in [2.24, 2.45) is 0 Å². The topological polar surface area (TPSA) is 49.8 Å². The molecule has 0 aliphatic heterocycles. The van der Waals surface area contributed by atoms with Gasteiger partial charge in [0.15, 0.2) is 0 Å². The van der Waals surface area contributed by atoms with Gasteiger partial charge < -0.3 is 5.73 Å². The summed E-state index contributed by atoms with van der Waals surface area (Å²) in [5.74, 6) is -0.893. The molecule has 0 saturated carbocycles. The van der Waals surface area contributed by atoms with Gasteiger partial charge in [0, 0.05) is 11.4 Å². The average Bonchev–Trinajstić information content (AvgIpc) is 2.38. The first-order valence-corrected chi connectivity index (χ1v) is 6.45. The Morgan fingerprint density at radius 3 is 2.21 bits per heavy atom. The van der Waals surface area contributed by atoms with Gasteiger partial charge in [-0.15, -0.1) is 11.8 Å². The summed E-state index contributed by atoms with van der Waals surface area (Å²) in [6.45, 7) is 0. The van der Waals surface area contributed by atoms with E-state index in [0.717, 1.165) is 29.5 Å². The van der Waals surface area contributed by atoms with Gasteiger partial charge >= 0.3 is 0 Å². The number of rotatable bonds is 3. The molecule has 0 heterocycles. The summed E-state index contributed by atoms with van der Waals surface area (Å²) in [6.07, 6.45) is 0. The first-order valence-electron chi connectivity index (χ1n) is 5.46. The Bertz CT molecular complexity index is 610. The van der Waals surface area contributed by atoms with Crippen molar-refractivity contribution >= 4 is 17.4 Å². The van der Waals surface area contributed by atoms with Crippen LogP contribution in [0.1, 0.15) is 11.1 Å². The molecule has 5 heteroatoms. The second-order valence-electron chi connectivity index (χ2n) is 3.91. The largest absolute Gasteiger partial charge is 0.399 e. The van der Waals surface area contributed by atoms with Gasteiger partial charge in [0.1, 0.15) is 11.6 Å². The second-order valence-corrected chi connectivity index (χ2v) is 4.90. The number of hydrogen-bond donors (Lipinski definition) is 1. The van der Waals surface area contributed by atoms with E-state index in [4.69, 9.17) is 11.0 Å². The van der Waals surface area contributed by atoms with Crippen molar-refractivity contribution in [1.29, 1.82) is 5.26 Å². The number of nitrogen functional groups attached to an aromatic ring is 1. The maximum absolute atomic E-state index is 13.5. The molecule has 0 aromatic heterocycles. The highest BCUT2D eigenvalue weighted by Gasteiger charge is 2.11. The van der Waals surface area contributed by atoms with Crippen LogP contribution in [0.4, 0.5) is 14.5 Å². The van der Waals surface area contributed by atoms with E-state index in [1.54, 1.807) is 24.3 Å². The number of anilines is 1. The second kappa shape index (κ2) is 5.72. The predicted octanol–water partition coefficient (Wildman–Crippen LogP) is 3.71. The summed E-state index contributed by atoms with van der Waals surface area (Å²) in [4.78, 5) is -0.0430. The van der Waals surface area contributed by atoms with E-state index < -0.39 is 11.6 Å². The van der Waals surface area contributed by atoms with Crippen molar-refractivity contribution in [3.8, 4) is 6.07 Å². The third-order valence-corrected chi connectivity index (χ3v) is 3.64. The Balaban J connectivity index is 2.12. The fourth-order valence-electron chi connectivity index (χ4n) is 1.55. The maximum Gasteiger partial charge on any atom is 0.141 e. The number of nitriles is 1. The zero-order valence-electron chi connectivity index (χ0n) is 9.86. The Hall–Kier alpha value is -2.06. The summed E-state index contributed by atoms with van der Waals surface area (Å²) in [6, 6.07) is 11.1. The minimum Gasteiger partial charge on any atom is -0.399 e. The molecular formula is C14H10F2N2S. The lowest BCUT2D eigenvalue weighted by molar-refractivity contribution is 0.542. The van der Waals surface area contributed by atoms with Crippen LogP contribution < -0.4 is 5.73 Å². The van der Waals surface area contributed by atoms with Gasteiger partial charge in [-0.2, -0.15) is 5.26 Å². The van der Waals surface area contributed by atoms with Crippen molar-refractivity contribution in [2.75, 3.05) is 5.73 Å². The number of nitrogens with two attached hydrogens (primary N) is 1. The molecule has 0 saturated heterocycles. The number of thioether (sulfide) groups is 1. The van der Waals surface area contributed by atoms with Crippen LogP contribution in [0.3, 0.4) is 0 Å². The average molecular weight is 276 g/mol. The molecule has 96 valence electrons. The number of hydrogen-bond acceptors (Lipinski definition) is 3. The molecule has 0 radical (unpaired) electrons. The summed E-state index contributed by atoms with van der Waals surface area (Å²) in [5.41, 5.74) is 6.86. The Morgan fingerprint density at radius 2 is 1.68 bits per heavy atom. The standard InChI is InChI=1S/C14H10F2N2S/c15-12-5-11(18)6-13(16)14(12)19-8-10-3-1-9(7-17)2-4-10/h1-6H,8,18H2. The van der Waals surface area contributed by atoms with Crippen molar-refractivity contribution in [1.82, 2.24) is 0 Å². The van der Waals surface area contributed by atoms with E-state index in [1.807, 2.05) is 6.07 Å². The van der Waals surface area contributed by atoms with Crippen molar-refractivity contribution in [3.63, 3.8) is 0 Å². The molecule has 19 heavy (non-hydrogen) atoms. The van der Waals surface area contributed by atoms with E-state index in [1.165, 1.54) is 0 Å². The molecule has 0 bridgehead atoms. The maximum atomic E-state index is 13.5. The van der Waals surface area contributed by atoms with Crippen molar-refractivity contribution in [2.45, 2.75) is 10.6 Å². The smallest absolute Gasteiger partial charge is 0.141 e. The molecule has 2 N–H and O–H groups in total. The third-order valence-electron chi connectivity index (χ3n) is 2.49. The highest BCUT2D eigenvalue weighted by atomic mass is 32.2. The highest BCUT2D eigenvalue weighted by Crippen LogP contribution is 2.29. The fourth-order valence-corrected chi connectivity index (χ4v) is 2.45. The van der Waals surface area contributed by atoms with Gasteiger partial charge in [0.2, 0.25) is 0 Å². The molecular weight excluding hydrogens is 266 g/mol. The molecule has 0 aliphatic carbocycles. The molecule has 0 fully saturated rings. The number of halogens is 2. The van der Waals surface area contributed by atoms with E-state index in [9.17, 15) is 8.78 Å². The monoisotopic (exact) mass is 276 g/mol. The lowest BCUT2D eigenvalue weighted by Gasteiger charge is -2.06. The van der Waals surface area contributed by atoms with Crippen LogP contribution >= 0.6 is 11.8 Å².